The summed E-state index contributed by atoms with van der Waals surface area (Å²) in [6, 6.07) is 11.9. The molecule has 0 fully saturated rings. The maximum Gasteiger partial charge on any atom is 0.219 e. The van der Waals surface area contributed by atoms with Crippen LogP contribution in [0.5, 0.6) is 11.6 Å². The summed E-state index contributed by atoms with van der Waals surface area (Å²) in [4.78, 5) is 22.6. The molecule has 1 aliphatic rings. The molecule has 0 radical (unpaired) electrons. The van der Waals surface area contributed by atoms with Crippen molar-refractivity contribution < 1.29 is 4.74 Å². The van der Waals surface area contributed by atoms with Crippen molar-refractivity contribution in [3.8, 4) is 46.4 Å². The zero-order chi connectivity index (χ0) is 24.8. The number of terminal acetylenes is 1. The normalized spacial score (nSPS) is 12.3. The van der Waals surface area contributed by atoms with Crippen LogP contribution in [-0.4, -0.2) is 36.0 Å². The first-order valence-corrected chi connectivity index (χ1v) is 11.7. The molecule has 0 atom stereocenters. The second kappa shape index (κ2) is 8.47. The van der Waals surface area contributed by atoms with Gasteiger partial charge >= 0.3 is 0 Å². The first-order valence-electron chi connectivity index (χ1n) is 11.7. The highest BCUT2D eigenvalue weighted by Crippen LogP contribution is 2.45. The van der Waals surface area contributed by atoms with E-state index in [0.717, 1.165) is 74.9 Å². The van der Waals surface area contributed by atoms with Gasteiger partial charge in [0, 0.05) is 42.7 Å². The van der Waals surface area contributed by atoms with Gasteiger partial charge in [-0.1, -0.05) is 12.1 Å². The fraction of sp³-hybridized carbons (Fsp3) is 0.179. The van der Waals surface area contributed by atoms with Gasteiger partial charge in [0.1, 0.15) is 23.5 Å². The maximum absolute atomic E-state index is 6.10. The Morgan fingerprint density at radius 2 is 1.94 bits per heavy atom. The van der Waals surface area contributed by atoms with Crippen molar-refractivity contribution in [3.63, 3.8) is 0 Å². The van der Waals surface area contributed by atoms with Crippen molar-refractivity contribution in [1.29, 1.82) is 0 Å². The summed E-state index contributed by atoms with van der Waals surface area (Å²) in [5.41, 5.74) is 7.67. The van der Waals surface area contributed by atoms with E-state index in [1.54, 1.807) is 12.5 Å². The summed E-state index contributed by atoms with van der Waals surface area (Å²) >= 11 is 0. The molecule has 1 aliphatic heterocycles. The molecule has 5 heterocycles. The van der Waals surface area contributed by atoms with Crippen LogP contribution >= 0.6 is 0 Å². The van der Waals surface area contributed by atoms with Crippen LogP contribution in [0.1, 0.15) is 22.8 Å². The van der Waals surface area contributed by atoms with Gasteiger partial charge in [-0.25, -0.2) is 24.9 Å². The van der Waals surface area contributed by atoms with Crippen LogP contribution in [0.15, 0.2) is 48.9 Å². The monoisotopic (exact) mass is 473 g/mol. The number of hydrogen-bond donors (Lipinski definition) is 1. The van der Waals surface area contributed by atoms with Gasteiger partial charge in [-0.2, -0.15) is 0 Å². The number of nitrogens with zero attached hydrogens (tertiary/aromatic N) is 6. The van der Waals surface area contributed by atoms with E-state index in [1.165, 1.54) is 0 Å². The van der Waals surface area contributed by atoms with E-state index >= 15 is 0 Å². The van der Waals surface area contributed by atoms with E-state index in [0.29, 0.717) is 11.7 Å². The Bertz CT molecular complexity index is 1700. The van der Waals surface area contributed by atoms with Crippen LogP contribution in [0, 0.1) is 26.2 Å². The van der Waals surface area contributed by atoms with E-state index in [9.17, 15) is 0 Å². The minimum absolute atomic E-state index is 0.367. The molecule has 176 valence electrons. The number of pyridine rings is 1. The lowest BCUT2D eigenvalue weighted by molar-refractivity contribution is 0.461. The second-order valence-electron chi connectivity index (χ2n) is 8.76. The van der Waals surface area contributed by atoms with Crippen LogP contribution < -0.4 is 10.1 Å². The number of fused-ring (bicyclic) bond motifs is 2. The average Bonchev–Trinajstić information content (AvgIpc) is 3.16. The molecule has 0 amide bonds. The summed E-state index contributed by atoms with van der Waals surface area (Å²) < 4.78 is 8.18. The van der Waals surface area contributed by atoms with E-state index in [-0.39, 0.29) is 0 Å². The van der Waals surface area contributed by atoms with Crippen molar-refractivity contribution in [2.24, 2.45) is 7.05 Å². The van der Waals surface area contributed by atoms with Gasteiger partial charge in [-0.05, 0) is 55.5 Å². The highest BCUT2D eigenvalue weighted by atomic mass is 16.5. The number of ether oxygens (including phenoxy) is 1. The Balaban J connectivity index is 1.59. The molecule has 4 aromatic heterocycles. The standard InChI is InChI=1S/C28H23N7O/c1-5-22-30-14-21(17(3)34-22)26-24-20-10-9-19(36-23-8-6-7-16(2)33-23)13-18(20)11-12-29-27-25(24)28(35(26)4)32-15-31-27/h1,6-10,13-15H,11-12H2,2-4H3,(H,29,31,32). The smallest absolute Gasteiger partial charge is 0.219 e. The highest BCUT2D eigenvalue weighted by molar-refractivity contribution is 6.09. The van der Waals surface area contributed by atoms with Crippen LogP contribution in [0.4, 0.5) is 5.82 Å². The Morgan fingerprint density at radius 3 is 2.75 bits per heavy atom. The molecule has 8 heteroatoms. The second-order valence-corrected chi connectivity index (χ2v) is 8.76. The summed E-state index contributed by atoms with van der Waals surface area (Å²) in [5.74, 6) is 5.01. The van der Waals surface area contributed by atoms with Crippen molar-refractivity contribution >= 4 is 16.9 Å². The topological polar surface area (TPSA) is 90.6 Å². The quantitative estimate of drug-likeness (QED) is 0.375. The summed E-state index contributed by atoms with van der Waals surface area (Å²) in [5, 5.41) is 4.46. The zero-order valence-electron chi connectivity index (χ0n) is 20.2. The molecule has 6 rings (SSSR count). The van der Waals surface area contributed by atoms with Crippen molar-refractivity contribution in [1.82, 2.24) is 29.5 Å². The molecule has 8 nitrogen and oxygen atoms in total. The van der Waals surface area contributed by atoms with Crippen molar-refractivity contribution in [2.75, 3.05) is 11.9 Å². The molecular weight excluding hydrogens is 450 g/mol. The lowest BCUT2D eigenvalue weighted by Crippen LogP contribution is -2.10. The molecule has 36 heavy (non-hydrogen) atoms. The molecule has 0 unspecified atom stereocenters. The number of nitrogens with one attached hydrogen (secondary N) is 1. The Kier molecular flexibility index (Phi) is 5.11. The highest BCUT2D eigenvalue weighted by Gasteiger charge is 2.27. The Hall–Kier alpha value is -4.77. The van der Waals surface area contributed by atoms with Crippen LogP contribution in [0.25, 0.3) is 33.4 Å². The number of benzene rings is 1. The largest absolute Gasteiger partial charge is 0.439 e. The number of anilines is 1. The number of hydrogen-bond acceptors (Lipinski definition) is 7. The first-order chi connectivity index (χ1) is 17.5. The predicted molar refractivity (Wildman–Crippen MR) is 139 cm³/mol. The molecule has 0 saturated carbocycles. The SMILES string of the molecule is C#Cc1ncc(-c2c3c4c(ncnc4n2C)NCCc2cc(Oc4cccc(C)n4)ccc2-3)c(C)n1. The van der Waals surface area contributed by atoms with Gasteiger partial charge < -0.3 is 14.6 Å². The van der Waals surface area contributed by atoms with Crippen LogP contribution in [0.2, 0.25) is 0 Å². The van der Waals surface area contributed by atoms with E-state index in [2.05, 4.69) is 52.9 Å². The summed E-state index contributed by atoms with van der Waals surface area (Å²) in [6.07, 6.45) is 9.72. The molecule has 1 N–H and O–H groups in total. The first kappa shape index (κ1) is 21.7. The van der Waals surface area contributed by atoms with E-state index in [1.807, 2.05) is 45.2 Å². The average molecular weight is 474 g/mol. The maximum atomic E-state index is 6.10. The lowest BCUT2D eigenvalue weighted by Gasteiger charge is -2.18. The third-order valence-electron chi connectivity index (χ3n) is 6.45. The third kappa shape index (κ3) is 3.53. The minimum atomic E-state index is 0.367. The van der Waals surface area contributed by atoms with Gasteiger partial charge in [-0.3, -0.25) is 0 Å². The van der Waals surface area contributed by atoms with E-state index in [4.69, 9.17) is 11.2 Å². The molecule has 0 bridgehead atoms. The zero-order valence-corrected chi connectivity index (χ0v) is 20.2. The molecule has 0 aliphatic carbocycles. The Morgan fingerprint density at radius 1 is 1.06 bits per heavy atom. The molecule has 0 spiro atoms. The molecule has 1 aromatic carbocycles. The summed E-state index contributed by atoms with van der Waals surface area (Å²) in [7, 11) is 2.00. The number of rotatable bonds is 3. The molecular formula is C28H23N7O. The van der Waals surface area contributed by atoms with Crippen LogP contribution in [-0.2, 0) is 13.5 Å². The molecule has 5 aromatic rings. The van der Waals surface area contributed by atoms with Crippen LogP contribution in [0.3, 0.4) is 0 Å². The number of aromatic nitrogens is 6. The third-order valence-corrected chi connectivity index (χ3v) is 6.45. The van der Waals surface area contributed by atoms with E-state index < -0.39 is 0 Å². The minimum Gasteiger partial charge on any atom is -0.439 e. The van der Waals surface area contributed by atoms with Gasteiger partial charge in [0.15, 0.2) is 0 Å². The number of aryl methyl sites for hydroxylation is 3. The fourth-order valence-corrected chi connectivity index (χ4v) is 4.83. The molecule has 0 saturated heterocycles. The van der Waals surface area contributed by atoms with Crippen molar-refractivity contribution in [2.45, 2.75) is 20.3 Å². The van der Waals surface area contributed by atoms with Gasteiger partial charge in [0.25, 0.3) is 0 Å². The van der Waals surface area contributed by atoms with Crippen molar-refractivity contribution in [3.05, 3.63) is 71.7 Å². The lowest BCUT2D eigenvalue weighted by atomic mass is 9.92. The van der Waals surface area contributed by atoms with Gasteiger partial charge in [0.2, 0.25) is 11.7 Å². The predicted octanol–water partition coefficient (Wildman–Crippen LogP) is 4.85. The Labute approximate surface area is 208 Å². The summed E-state index contributed by atoms with van der Waals surface area (Å²) in [6.45, 7) is 4.62. The fourth-order valence-electron chi connectivity index (χ4n) is 4.83. The van der Waals surface area contributed by atoms with Gasteiger partial charge in [0.05, 0.1) is 16.8 Å². The van der Waals surface area contributed by atoms with Gasteiger partial charge in [-0.15, -0.1) is 6.42 Å².